The van der Waals surface area contributed by atoms with E-state index in [9.17, 15) is 9.90 Å². The molecule has 2 heterocycles. The molecule has 2 aromatic rings. The van der Waals surface area contributed by atoms with E-state index in [4.69, 9.17) is 0 Å². The summed E-state index contributed by atoms with van der Waals surface area (Å²) in [6.07, 6.45) is 4.68. The van der Waals surface area contributed by atoms with Gasteiger partial charge in [0.25, 0.3) is 0 Å². The highest BCUT2D eigenvalue weighted by Gasteiger charge is 2.25. The van der Waals surface area contributed by atoms with E-state index in [1.54, 1.807) is 0 Å². The first-order chi connectivity index (χ1) is 14.0. The predicted molar refractivity (Wildman–Crippen MR) is 131 cm³/mol. The molecular weight excluding hydrogens is 532 g/mol. The fraction of sp³-hybridized carbons (Fsp3) is 0.435. The molecular formula is C23H27Br2ClN2O2. The summed E-state index contributed by atoms with van der Waals surface area (Å²) in [6.45, 7) is 3.76. The maximum Gasteiger partial charge on any atom is 0.306 e. The number of aryl methyl sites for hydroxylation is 2. The van der Waals surface area contributed by atoms with Crippen LogP contribution < -0.4 is 4.90 Å². The van der Waals surface area contributed by atoms with Crippen LogP contribution in [-0.2, 0) is 17.6 Å². The zero-order valence-electron chi connectivity index (χ0n) is 16.8. The number of carboxylic acid groups (broad SMARTS) is 1. The average Bonchev–Trinajstić information content (AvgIpc) is 2.85. The number of likely N-dealkylation sites (tertiary alicyclic amines) is 1. The Morgan fingerprint density at radius 1 is 0.933 bits per heavy atom. The summed E-state index contributed by atoms with van der Waals surface area (Å²) < 4.78 is 2.26. The number of nitrogens with zero attached hydrogens (tertiary/aromatic N) is 2. The van der Waals surface area contributed by atoms with Gasteiger partial charge in [-0.3, -0.25) is 4.79 Å². The van der Waals surface area contributed by atoms with E-state index in [1.807, 2.05) is 0 Å². The van der Waals surface area contributed by atoms with Crippen LogP contribution in [0.5, 0.6) is 0 Å². The van der Waals surface area contributed by atoms with Gasteiger partial charge in [0.2, 0.25) is 0 Å². The van der Waals surface area contributed by atoms with Crippen LogP contribution >= 0.6 is 44.3 Å². The van der Waals surface area contributed by atoms with Crippen LogP contribution in [0, 0.1) is 5.92 Å². The third-order valence-electron chi connectivity index (χ3n) is 6.12. The molecule has 0 aromatic heterocycles. The lowest BCUT2D eigenvalue weighted by Crippen LogP contribution is -2.37. The molecule has 0 spiro atoms. The second-order valence-corrected chi connectivity index (χ2v) is 9.84. The summed E-state index contributed by atoms with van der Waals surface area (Å²) >= 11 is 7.26. The van der Waals surface area contributed by atoms with Crippen molar-refractivity contribution < 1.29 is 9.90 Å². The smallest absolute Gasteiger partial charge is 0.306 e. The van der Waals surface area contributed by atoms with Crippen molar-refractivity contribution in [3.05, 3.63) is 56.5 Å². The van der Waals surface area contributed by atoms with Crippen LogP contribution in [0.1, 0.15) is 30.4 Å². The van der Waals surface area contributed by atoms with Crippen molar-refractivity contribution in [2.75, 3.05) is 31.1 Å². The van der Waals surface area contributed by atoms with Crippen LogP contribution in [0.15, 0.2) is 45.3 Å². The molecule has 1 saturated heterocycles. The number of aliphatic carboxylic acids is 1. The molecule has 2 aromatic carbocycles. The number of carboxylic acids is 1. The molecule has 0 amide bonds. The van der Waals surface area contributed by atoms with Gasteiger partial charge >= 0.3 is 5.97 Å². The minimum absolute atomic E-state index is 0. The third-order valence-corrected chi connectivity index (χ3v) is 7.11. The van der Waals surface area contributed by atoms with Gasteiger partial charge in [-0.15, -0.1) is 12.4 Å². The fourth-order valence-electron chi connectivity index (χ4n) is 4.53. The van der Waals surface area contributed by atoms with E-state index >= 15 is 0 Å². The maximum absolute atomic E-state index is 11.2. The molecule has 1 fully saturated rings. The van der Waals surface area contributed by atoms with Gasteiger partial charge in [0.1, 0.15) is 0 Å². The van der Waals surface area contributed by atoms with Crippen LogP contribution in [-0.4, -0.2) is 42.2 Å². The second kappa shape index (κ2) is 10.5. The van der Waals surface area contributed by atoms with Crippen molar-refractivity contribution in [1.82, 2.24) is 4.90 Å². The zero-order chi connectivity index (χ0) is 20.4. The molecule has 2 aliphatic heterocycles. The van der Waals surface area contributed by atoms with Crippen molar-refractivity contribution in [2.24, 2.45) is 5.92 Å². The molecule has 4 nitrogen and oxygen atoms in total. The average molecular weight is 559 g/mol. The molecule has 7 heteroatoms. The summed E-state index contributed by atoms with van der Waals surface area (Å²) in [4.78, 5) is 16.1. The lowest BCUT2D eigenvalue weighted by atomic mass is 9.97. The Kier molecular flexibility index (Phi) is 8.24. The Morgan fingerprint density at radius 2 is 1.47 bits per heavy atom. The normalized spacial score (nSPS) is 16.9. The minimum Gasteiger partial charge on any atom is -0.481 e. The molecule has 4 rings (SSSR count). The number of rotatable bonds is 5. The summed E-state index contributed by atoms with van der Waals surface area (Å²) in [5.41, 5.74) is 5.38. The van der Waals surface area contributed by atoms with Gasteiger partial charge in [-0.25, -0.2) is 0 Å². The van der Waals surface area contributed by atoms with E-state index in [-0.39, 0.29) is 18.3 Å². The highest BCUT2D eigenvalue weighted by Crippen LogP contribution is 2.38. The number of halogens is 3. The summed E-state index contributed by atoms with van der Waals surface area (Å²) in [6, 6.07) is 13.2. The SMILES string of the molecule is Cl.O=C(O)C1CCN(CCCN2c3ccc(Br)cc3CCc3cc(Br)ccc32)CC1. The van der Waals surface area contributed by atoms with Gasteiger partial charge < -0.3 is 14.9 Å². The fourth-order valence-corrected chi connectivity index (χ4v) is 5.35. The molecule has 0 unspecified atom stereocenters. The quantitative estimate of drug-likeness (QED) is 0.485. The molecule has 0 bridgehead atoms. The Bertz CT molecular complexity index is 847. The Labute approximate surface area is 201 Å². The van der Waals surface area contributed by atoms with E-state index < -0.39 is 5.97 Å². The zero-order valence-corrected chi connectivity index (χ0v) is 20.8. The maximum atomic E-state index is 11.2. The second-order valence-electron chi connectivity index (χ2n) is 8.01. The van der Waals surface area contributed by atoms with Crippen molar-refractivity contribution in [1.29, 1.82) is 0 Å². The number of benzene rings is 2. The number of piperidine rings is 1. The van der Waals surface area contributed by atoms with Crippen molar-refractivity contribution >= 4 is 61.6 Å². The molecule has 1 N–H and O–H groups in total. The Hall–Kier alpha value is -1.08. The van der Waals surface area contributed by atoms with Gasteiger partial charge in [-0.1, -0.05) is 31.9 Å². The van der Waals surface area contributed by atoms with Crippen LogP contribution in [0.2, 0.25) is 0 Å². The molecule has 0 atom stereocenters. The number of carbonyl (C=O) groups is 1. The van der Waals surface area contributed by atoms with E-state index in [1.165, 1.54) is 22.5 Å². The first-order valence-corrected chi connectivity index (χ1v) is 11.9. The van der Waals surface area contributed by atoms with Crippen LogP contribution in [0.3, 0.4) is 0 Å². The van der Waals surface area contributed by atoms with Crippen LogP contribution in [0.25, 0.3) is 0 Å². The first-order valence-electron chi connectivity index (χ1n) is 10.3. The topological polar surface area (TPSA) is 43.8 Å². The summed E-state index contributed by atoms with van der Waals surface area (Å²) in [5.74, 6) is -0.799. The lowest BCUT2D eigenvalue weighted by Gasteiger charge is -2.32. The molecule has 0 aliphatic carbocycles. The molecule has 30 heavy (non-hydrogen) atoms. The van der Waals surface area contributed by atoms with Crippen LogP contribution in [0.4, 0.5) is 11.4 Å². The number of fused-ring (bicyclic) bond motifs is 2. The minimum atomic E-state index is -0.639. The molecule has 162 valence electrons. The molecule has 0 radical (unpaired) electrons. The number of anilines is 2. The monoisotopic (exact) mass is 556 g/mol. The van der Waals surface area contributed by atoms with Gasteiger partial charge in [0, 0.05) is 26.9 Å². The van der Waals surface area contributed by atoms with Gasteiger partial charge in [0.15, 0.2) is 0 Å². The number of hydrogen-bond donors (Lipinski definition) is 1. The van der Waals surface area contributed by atoms with Crippen molar-refractivity contribution in [2.45, 2.75) is 32.1 Å². The van der Waals surface area contributed by atoms with E-state index in [0.29, 0.717) is 0 Å². The largest absolute Gasteiger partial charge is 0.481 e. The van der Waals surface area contributed by atoms with E-state index in [2.05, 4.69) is 78.1 Å². The standard InChI is InChI=1S/C23H26Br2N2O2.ClH/c24-19-4-6-21-17(14-19)2-3-18-15-20(25)5-7-22(18)27(21)11-1-10-26-12-8-16(9-13-26)23(28)29;/h4-7,14-16H,1-3,8-13H2,(H,28,29);1H. The van der Waals surface area contributed by atoms with E-state index in [0.717, 1.165) is 67.2 Å². The van der Waals surface area contributed by atoms with Crippen molar-refractivity contribution in [3.63, 3.8) is 0 Å². The summed E-state index contributed by atoms with van der Waals surface area (Å²) in [7, 11) is 0. The highest BCUT2D eigenvalue weighted by molar-refractivity contribution is 9.10. The lowest BCUT2D eigenvalue weighted by molar-refractivity contribution is -0.143. The molecule has 0 saturated carbocycles. The number of hydrogen-bond acceptors (Lipinski definition) is 3. The predicted octanol–water partition coefficient (Wildman–Crippen LogP) is 6.06. The third kappa shape index (κ3) is 5.39. The van der Waals surface area contributed by atoms with Gasteiger partial charge in [-0.05, 0) is 99.3 Å². The van der Waals surface area contributed by atoms with Gasteiger partial charge in [-0.2, -0.15) is 0 Å². The Morgan fingerprint density at radius 3 is 1.97 bits per heavy atom. The highest BCUT2D eigenvalue weighted by atomic mass is 79.9. The first kappa shape index (κ1) is 23.6. The van der Waals surface area contributed by atoms with Crippen molar-refractivity contribution in [3.8, 4) is 0 Å². The Balaban J connectivity index is 0.00000256. The van der Waals surface area contributed by atoms with Gasteiger partial charge in [0.05, 0.1) is 5.92 Å². The molecule has 2 aliphatic rings. The summed E-state index contributed by atoms with van der Waals surface area (Å²) in [5, 5.41) is 9.19.